The minimum Gasteiger partial charge on any atom is -0.399 e. The molecule has 3 N–H and O–H groups in total. The number of aryl methyl sites for hydroxylation is 2. The van der Waals surface area contributed by atoms with Gasteiger partial charge in [-0.15, -0.1) is 0 Å². The molecule has 0 aliphatic rings. The Balaban J connectivity index is 2.26. The molecule has 0 aliphatic heterocycles. The monoisotopic (exact) mass is 287 g/mol. The van der Waals surface area contributed by atoms with Gasteiger partial charge >= 0.3 is 6.03 Å². The number of imide groups is 1. The van der Waals surface area contributed by atoms with E-state index in [1.54, 1.807) is 42.1 Å². The summed E-state index contributed by atoms with van der Waals surface area (Å²) in [5, 5.41) is 6.72. The highest BCUT2D eigenvalue weighted by atomic mass is 16.2. The van der Waals surface area contributed by atoms with Crippen LogP contribution in [0.15, 0.2) is 30.3 Å². The fraction of sp³-hybridized carbons (Fsp3) is 0.214. The molecule has 0 saturated heterocycles. The van der Waals surface area contributed by atoms with E-state index in [0.29, 0.717) is 17.2 Å². The van der Waals surface area contributed by atoms with Gasteiger partial charge < -0.3 is 5.73 Å². The molecule has 3 amide bonds. The number of hydrogen-bond acceptors (Lipinski definition) is 4. The van der Waals surface area contributed by atoms with E-state index in [9.17, 15) is 9.59 Å². The van der Waals surface area contributed by atoms with E-state index in [2.05, 4.69) is 10.4 Å². The van der Waals surface area contributed by atoms with Crippen LogP contribution >= 0.6 is 0 Å². The first-order chi connectivity index (χ1) is 9.88. The van der Waals surface area contributed by atoms with Crippen LogP contribution in [0, 0.1) is 6.92 Å². The molecular formula is C14H17N5O2. The number of aromatic nitrogens is 2. The van der Waals surface area contributed by atoms with Crippen molar-refractivity contribution >= 4 is 29.1 Å². The number of carbonyl (C=O) groups is 2. The molecule has 7 heteroatoms. The normalized spacial score (nSPS) is 10.2. The average Bonchev–Trinajstić information content (AvgIpc) is 2.67. The Hall–Kier alpha value is -2.83. The third kappa shape index (κ3) is 3.19. The van der Waals surface area contributed by atoms with Crippen molar-refractivity contribution in [3.8, 4) is 0 Å². The highest BCUT2D eigenvalue weighted by molar-refractivity contribution is 6.17. The first-order valence-corrected chi connectivity index (χ1v) is 6.36. The lowest BCUT2D eigenvalue weighted by Gasteiger charge is -2.19. The van der Waals surface area contributed by atoms with Gasteiger partial charge in [-0.2, -0.15) is 5.10 Å². The maximum absolute atomic E-state index is 12.3. The Morgan fingerprint density at radius 2 is 2.05 bits per heavy atom. The van der Waals surface area contributed by atoms with Crippen molar-refractivity contribution in [3.63, 3.8) is 0 Å². The third-order valence-corrected chi connectivity index (χ3v) is 3.00. The summed E-state index contributed by atoms with van der Waals surface area (Å²) in [6.07, 6.45) is 0. The Morgan fingerprint density at radius 3 is 2.57 bits per heavy atom. The minimum absolute atomic E-state index is 0.384. The zero-order valence-corrected chi connectivity index (χ0v) is 12.1. The molecule has 2 aromatic rings. The van der Waals surface area contributed by atoms with Crippen LogP contribution < -0.4 is 16.0 Å². The number of amides is 3. The molecule has 0 saturated carbocycles. The smallest absolute Gasteiger partial charge is 0.334 e. The van der Waals surface area contributed by atoms with E-state index in [4.69, 9.17) is 5.73 Å². The largest absolute Gasteiger partial charge is 0.399 e. The minimum atomic E-state index is -0.578. The summed E-state index contributed by atoms with van der Waals surface area (Å²) in [7, 11) is 1.77. The summed E-state index contributed by atoms with van der Waals surface area (Å²) in [4.78, 5) is 25.1. The number of benzene rings is 1. The van der Waals surface area contributed by atoms with E-state index in [1.807, 2.05) is 6.92 Å². The van der Waals surface area contributed by atoms with Gasteiger partial charge in [0.25, 0.3) is 0 Å². The summed E-state index contributed by atoms with van der Waals surface area (Å²) in [5.41, 5.74) is 7.46. The first kappa shape index (κ1) is 14.6. The highest BCUT2D eigenvalue weighted by Gasteiger charge is 2.21. The second-order valence-electron chi connectivity index (χ2n) is 4.67. The second kappa shape index (κ2) is 5.66. The molecule has 1 aromatic heterocycles. The molecule has 110 valence electrons. The molecule has 0 radical (unpaired) electrons. The van der Waals surface area contributed by atoms with Crippen molar-refractivity contribution in [1.82, 2.24) is 9.78 Å². The van der Waals surface area contributed by atoms with Crippen molar-refractivity contribution in [2.24, 2.45) is 7.05 Å². The second-order valence-corrected chi connectivity index (χ2v) is 4.67. The molecule has 0 bridgehead atoms. The molecule has 21 heavy (non-hydrogen) atoms. The summed E-state index contributed by atoms with van der Waals surface area (Å²) in [6, 6.07) is 7.70. The number of carbonyl (C=O) groups excluding carboxylic acids is 2. The molecular weight excluding hydrogens is 270 g/mol. The molecule has 2 rings (SSSR count). The van der Waals surface area contributed by atoms with Crippen molar-refractivity contribution in [1.29, 1.82) is 0 Å². The van der Waals surface area contributed by atoms with Crippen LogP contribution in [0.2, 0.25) is 0 Å². The van der Waals surface area contributed by atoms with Crippen molar-refractivity contribution in [3.05, 3.63) is 36.0 Å². The van der Waals surface area contributed by atoms with E-state index >= 15 is 0 Å². The topological polar surface area (TPSA) is 93.2 Å². The zero-order chi connectivity index (χ0) is 15.6. The first-order valence-electron chi connectivity index (χ1n) is 6.36. The standard InChI is InChI=1S/C14H17N5O2/c1-9-7-13(17-18(9)3)16-14(21)19(10(2)20)12-6-4-5-11(15)8-12/h4-8H,15H2,1-3H3,(H,16,17,21). The van der Waals surface area contributed by atoms with Gasteiger partial charge in [-0.25, -0.2) is 9.69 Å². The zero-order valence-electron chi connectivity index (χ0n) is 12.1. The van der Waals surface area contributed by atoms with Crippen LogP contribution in [-0.4, -0.2) is 21.7 Å². The van der Waals surface area contributed by atoms with E-state index in [0.717, 1.165) is 10.6 Å². The Morgan fingerprint density at radius 1 is 1.33 bits per heavy atom. The lowest BCUT2D eigenvalue weighted by Crippen LogP contribution is -2.38. The summed E-state index contributed by atoms with van der Waals surface area (Å²) in [5.74, 6) is -0.0269. The number of nitrogens with one attached hydrogen (secondary N) is 1. The van der Waals surface area contributed by atoms with Gasteiger partial charge in [0.15, 0.2) is 5.82 Å². The molecule has 0 fully saturated rings. The number of nitrogens with two attached hydrogens (primary N) is 1. The van der Waals surface area contributed by atoms with Gasteiger partial charge in [-0.05, 0) is 25.1 Å². The summed E-state index contributed by atoms with van der Waals surface area (Å²) in [6.45, 7) is 3.18. The van der Waals surface area contributed by atoms with Crippen LogP contribution in [0.25, 0.3) is 0 Å². The number of nitrogens with zero attached hydrogens (tertiary/aromatic N) is 3. The average molecular weight is 287 g/mol. The Labute approximate surface area is 122 Å². The fourth-order valence-electron chi connectivity index (χ4n) is 1.89. The molecule has 0 unspecified atom stereocenters. The Bertz CT molecular complexity index is 673. The van der Waals surface area contributed by atoms with Crippen molar-refractivity contribution < 1.29 is 9.59 Å². The Kier molecular flexibility index (Phi) is 3.93. The molecule has 7 nitrogen and oxygen atoms in total. The SMILES string of the molecule is CC(=O)N(C(=O)Nc1cc(C)n(C)n1)c1cccc(N)c1. The lowest BCUT2D eigenvalue weighted by atomic mass is 10.2. The van der Waals surface area contributed by atoms with E-state index in [-0.39, 0.29) is 0 Å². The molecule has 1 aromatic carbocycles. The van der Waals surface area contributed by atoms with Gasteiger partial charge in [-0.3, -0.25) is 14.8 Å². The number of nitrogen functional groups attached to an aromatic ring is 1. The highest BCUT2D eigenvalue weighted by Crippen LogP contribution is 2.19. The van der Waals surface area contributed by atoms with E-state index < -0.39 is 11.9 Å². The number of hydrogen-bond donors (Lipinski definition) is 2. The van der Waals surface area contributed by atoms with Gasteiger partial charge in [0.05, 0.1) is 5.69 Å². The van der Waals surface area contributed by atoms with Crippen molar-refractivity contribution in [2.75, 3.05) is 16.0 Å². The van der Waals surface area contributed by atoms with Gasteiger partial charge in [-0.1, -0.05) is 6.07 Å². The maximum atomic E-state index is 12.3. The third-order valence-electron chi connectivity index (χ3n) is 3.00. The quantitative estimate of drug-likeness (QED) is 0.825. The fourth-order valence-corrected chi connectivity index (χ4v) is 1.89. The molecule has 0 spiro atoms. The van der Waals surface area contributed by atoms with Gasteiger partial charge in [0, 0.05) is 31.4 Å². The lowest BCUT2D eigenvalue weighted by molar-refractivity contribution is -0.115. The maximum Gasteiger partial charge on any atom is 0.334 e. The van der Waals surface area contributed by atoms with Crippen molar-refractivity contribution in [2.45, 2.75) is 13.8 Å². The van der Waals surface area contributed by atoms with Crippen LogP contribution in [0.4, 0.5) is 22.0 Å². The van der Waals surface area contributed by atoms with E-state index in [1.165, 1.54) is 6.92 Å². The van der Waals surface area contributed by atoms with Gasteiger partial charge in [0.1, 0.15) is 0 Å². The molecule has 1 heterocycles. The van der Waals surface area contributed by atoms with Crippen LogP contribution in [0.5, 0.6) is 0 Å². The van der Waals surface area contributed by atoms with Crippen LogP contribution in [0.1, 0.15) is 12.6 Å². The predicted molar refractivity (Wildman–Crippen MR) is 81.0 cm³/mol. The van der Waals surface area contributed by atoms with Gasteiger partial charge in [0.2, 0.25) is 5.91 Å². The summed E-state index contributed by atoms with van der Waals surface area (Å²) < 4.78 is 1.63. The number of urea groups is 1. The molecule has 0 aliphatic carbocycles. The number of anilines is 3. The predicted octanol–water partition coefficient (Wildman–Crippen LogP) is 1.90. The number of rotatable bonds is 2. The molecule has 0 atom stereocenters. The summed E-state index contributed by atoms with van der Waals surface area (Å²) >= 11 is 0. The van der Waals surface area contributed by atoms with Crippen LogP contribution in [-0.2, 0) is 11.8 Å². The van der Waals surface area contributed by atoms with Crippen LogP contribution in [0.3, 0.4) is 0 Å².